The molecule has 0 aliphatic carbocycles. The van der Waals surface area contributed by atoms with E-state index in [0.717, 1.165) is 6.61 Å². The molecule has 2 aliphatic rings. The van der Waals surface area contributed by atoms with Crippen LogP contribution in [0.1, 0.15) is 19.8 Å². The van der Waals surface area contributed by atoms with Crippen molar-refractivity contribution in [3.8, 4) is 0 Å². The van der Waals surface area contributed by atoms with E-state index in [4.69, 9.17) is 4.74 Å². The van der Waals surface area contributed by atoms with Crippen LogP contribution in [0, 0.1) is 0 Å². The Morgan fingerprint density at radius 1 is 1.38 bits per heavy atom. The first-order chi connectivity index (χ1) is 6.25. The van der Waals surface area contributed by atoms with E-state index in [0.29, 0.717) is 18.2 Å². The molecule has 0 saturated carbocycles. The summed E-state index contributed by atoms with van der Waals surface area (Å²) in [5, 5.41) is 3.69. The lowest BCUT2D eigenvalue weighted by atomic mass is 10.1. The molecule has 0 bridgehead atoms. The second-order valence-electron chi connectivity index (χ2n) is 4.39. The first kappa shape index (κ1) is 9.44. The van der Waals surface area contributed by atoms with Crippen molar-refractivity contribution >= 4 is 0 Å². The highest BCUT2D eigenvalue weighted by molar-refractivity contribution is 4.87. The molecule has 3 heteroatoms. The Morgan fingerprint density at radius 3 is 2.77 bits per heavy atom. The van der Waals surface area contributed by atoms with Gasteiger partial charge in [-0.1, -0.05) is 0 Å². The molecule has 76 valence electrons. The number of rotatable bonds is 2. The number of nitrogens with zero attached hydrogens (tertiary/aromatic N) is 1. The predicted molar refractivity (Wildman–Crippen MR) is 52.9 cm³/mol. The number of likely N-dealkylation sites (tertiary alicyclic amines) is 1. The Bertz CT molecular complexity index is 174. The molecule has 0 radical (unpaired) electrons. The summed E-state index contributed by atoms with van der Waals surface area (Å²) in [5.41, 5.74) is 0. The SMILES string of the molecule is CC1OCCC1NC1CCN(C)C1. The van der Waals surface area contributed by atoms with Crippen molar-refractivity contribution < 1.29 is 4.74 Å². The van der Waals surface area contributed by atoms with Crippen molar-refractivity contribution in [2.45, 2.75) is 38.0 Å². The maximum Gasteiger partial charge on any atom is 0.0700 e. The second-order valence-corrected chi connectivity index (χ2v) is 4.39. The molecule has 2 aliphatic heterocycles. The van der Waals surface area contributed by atoms with E-state index < -0.39 is 0 Å². The smallest absolute Gasteiger partial charge is 0.0700 e. The van der Waals surface area contributed by atoms with Crippen molar-refractivity contribution in [3.63, 3.8) is 0 Å². The zero-order valence-corrected chi connectivity index (χ0v) is 8.62. The van der Waals surface area contributed by atoms with Gasteiger partial charge in [-0.05, 0) is 33.4 Å². The van der Waals surface area contributed by atoms with Gasteiger partial charge in [0.25, 0.3) is 0 Å². The normalized spacial score (nSPS) is 41.5. The fourth-order valence-corrected chi connectivity index (χ4v) is 2.32. The first-order valence-corrected chi connectivity index (χ1v) is 5.32. The highest BCUT2D eigenvalue weighted by atomic mass is 16.5. The number of hydrogen-bond donors (Lipinski definition) is 1. The van der Waals surface area contributed by atoms with Crippen LogP contribution < -0.4 is 5.32 Å². The number of ether oxygens (including phenoxy) is 1. The van der Waals surface area contributed by atoms with Crippen LogP contribution in [0.25, 0.3) is 0 Å². The topological polar surface area (TPSA) is 24.5 Å². The summed E-state index contributed by atoms with van der Waals surface area (Å²) in [6.07, 6.45) is 2.88. The first-order valence-electron chi connectivity index (χ1n) is 5.32. The van der Waals surface area contributed by atoms with Gasteiger partial charge in [-0.3, -0.25) is 0 Å². The molecule has 0 aromatic heterocycles. The van der Waals surface area contributed by atoms with Crippen LogP contribution in [0.5, 0.6) is 0 Å². The highest BCUT2D eigenvalue weighted by Gasteiger charge is 2.28. The Labute approximate surface area is 80.4 Å². The molecule has 2 fully saturated rings. The molecule has 3 unspecified atom stereocenters. The minimum atomic E-state index is 0.408. The third kappa shape index (κ3) is 2.22. The molecule has 0 spiro atoms. The monoisotopic (exact) mass is 184 g/mol. The number of likely N-dealkylation sites (N-methyl/N-ethyl adjacent to an activating group) is 1. The molecule has 3 atom stereocenters. The van der Waals surface area contributed by atoms with E-state index >= 15 is 0 Å². The predicted octanol–water partition coefficient (Wildman–Crippen LogP) is 0.458. The summed E-state index contributed by atoms with van der Waals surface area (Å²) in [4.78, 5) is 2.39. The molecule has 2 saturated heterocycles. The van der Waals surface area contributed by atoms with Crippen LogP contribution in [0.2, 0.25) is 0 Å². The second kappa shape index (κ2) is 3.95. The highest BCUT2D eigenvalue weighted by Crippen LogP contribution is 2.15. The van der Waals surface area contributed by atoms with Gasteiger partial charge in [0.1, 0.15) is 0 Å². The largest absolute Gasteiger partial charge is 0.377 e. The Hall–Kier alpha value is -0.120. The van der Waals surface area contributed by atoms with E-state index in [1.165, 1.54) is 25.9 Å². The lowest BCUT2D eigenvalue weighted by Gasteiger charge is -2.21. The quantitative estimate of drug-likeness (QED) is 0.674. The van der Waals surface area contributed by atoms with Crippen molar-refractivity contribution in [2.75, 3.05) is 26.7 Å². The van der Waals surface area contributed by atoms with E-state index in [2.05, 4.69) is 24.2 Å². The zero-order valence-electron chi connectivity index (χ0n) is 8.62. The van der Waals surface area contributed by atoms with Gasteiger partial charge >= 0.3 is 0 Å². The van der Waals surface area contributed by atoms with Gasteiger partial charge < -0.3 is 15.0 Å². The molecule has 13 heavy (non-hydrogen) atoms. The van der Waals surface area contributed by atoms with Gasteiger partial charge in [-0.25, -0.2) is 0 Å². The van der Waals surface area contributed by atoms with E-state index in [1.54, 1.807) is 0 Å². The Kier molecular flexibility index (Phi) is 2.86. The molecule has 2 heterocycles. The summed E-state index contributed by atoms with van der Waals surface area (Å²) in [6, 6.07) is 1.29. The van der Waals surface area contributed by atoms with Crippen LogP contribution in [0.15, 0.2) is 0 Å². The average Bonchev–Trinajstić information content (AvgIpc) is 2.64. The number of nitrogens with one attached hydrogen (secondary N) is 1. The van der Waals surface area contributed by atoms with Gasteiger partial charge in [0.05, 0.1) is 6.10 Å². The van der Waals surface area contributed by atoms with Crippen LogP contribution in [0.3, 0.4) is 0 Å². The molecule has 0 aromatic rings. The average molecular weight is 184 g/mol. The van der Waals surface area contributed by atoms with Crippen LogP contribution in [-0.4, -0.2) is 49.8 Å². The minimum Gasteiger partial charge on any atom is -0.377 e. The summed E-state index contributed by atoms with van der Waals surface area (Å²) < 4.78 is 5.53. The Morgan fingerprint density at radius 2 is 2.23 bits per heavy atom. The third-order valence-electron chi connectivity index (χ3n) is 3.22. The fourth-order valence-electron chi connectivity index (χ4n) is 2.32. The van der Waals surface area contributed by atoms with Gasteiger partial charge in [-0.2, -0.15) is 0 Å². The summed E-state index contributed by atoms with van der Waals surface area (Å²) in [6.45, 7) is 5.54. The van der Waals surface area contributed by atoms with Crippen LogP contribution in [0.4, 0.5) is 0 Å². The molecular weight excluding hydrogens is 164 g/mol. The number of hydrogen-bond acceptors (Lipinski definition) is 3. The summed E-state index contributed by atoms with van der Waals surface area (Å²) >= 11 is 0. The molecule has 2 rings (SSSR count). The maximum atomic E-state index is 5.53. The van der Waals surface area contributed by atoms with Crippen molar-refractivity contribution in [3.05, 3.63) is 0 Å². The molecule has 0 amide bonds. The fraction of sp³-hybridized carbons (Fsp3) is 1.00. The lowest BCUT2D eigenvalue weighted by molar-refractivity contribution is 0.111. The van der Waals surface area contributed by atoms with Crippen molar-refractivity contribution in [1.82, 2.24) is 10.2 Å². The van der Waals surface area contributed by atoms with Gasteiger partial charge in [0, 0.05) is 25.2 Å². The summed E-state index contributed by atoms with van der Waals surface area (Å²) in [5.74, 6) is 0. The maximum absolute atomic E-state index is 5.53. The zero-order chi connectivity index (χ0) is 9.26. The van der Waals surface area contributed by atoms with E-state index in [-0.39, 0.29) is 0 Å². The van der Waals surface area contributed by atoms with Crippen molar-refractivity contribution in [1.29, 1.82) is 0 Å². The van der Waals surface area contributed by atoms with Gasteiger partial charge in [0.2, 0.25) is 0 Å². The molecule has 1 N–H and O–H groups in total. The van der Waals surface area contributed by atoms with E-state index in [9.17, 15) is 0 Å². The van der Waals surface area contributed by atoms with E-state index in [1.807, 2.05) is 0 Å². The third-order valence-corrected chi connectivity index (χ3v) is 3.22. The molecule has 3 nitrogen and oxygen atoms in total. The lowest BCUT2D eigenvalue weighted by Crippen LogP contribution is -2.43. The summed E-state index contributed by atoms with van der Waals surface area (Å²) in [7, 11) is 2.19. The van der Waals surface area contributed by atoms with Crippen molar-refractivity contribution in [2.24, 2.45) is 0 Å². The van der Waals surface area contributed by atoms with Crippen LogP contribution >= 0.6 is 0 Å². The standard InChI is InChI=1S/C10H20N2O/c1-8-10(4-6-13-8)11-9-3-5-12(2)7-9/h8-11H,3-7H2,1-2H3. The van der Waals surface area contributed by atoms with Crippen LogP contribution in [-0.2, 0) is 4.74 Å². The minimum absolute atomic E-state index is 0.408. The van der Waals surface area contributed by atoms with Gasteiger partial charge in [-0.15, -0.1) is 0 Å². The Balaban J connectivity index is 1.77. The molecular formula is C10H20N2O. The molecule has 0 aromatic carbocycles. The van der Waals surface area contributed by atoms with Gasteiger partial charge in [0.15, 0.2) is 0 Å².